The summed E-state index contributed by atoms with van der Waals surface area (Å²) in [4.78, 5) is 0. The lowest BCUT2D eigenvalue weighted by Gasteiger charge is -2.18. The van der Waals surface area contributed by atoms with Crippen LogP contribution in [-0.4, -0.2) is 12.9 Å². The quantitative estimate of drug-likeness (QED) is 0.710. The minimum absolute atomic E-state index is 0.162. The molecule has 18 heavy (non-hydrogen) atoms. The van der Waals surface area contributed by atoms with Gasteiger partial charge in [-0.3, -0.25) is 0 Å². The number of hydrogen-bond acceptors (Lipinski definition) is 2. The molecule has 1 aromatic rings. The molecular formula is C16H20O2. The highest BCUT2D eigenvalue weighted by molar-refractivity contribution is 5.13. The van der Waals surface area contributed by atoms with Gasteiger partial charge in [0, 0.05) is 5.92 Å². The Hall–Kier alpha value is -1.38. The van der Waals surface area contributed by atoms with Crippen LogP contribution in [0, 0.1) is 5.92 Å². The summed E-state index contributed by atoms with van der Waals surface area (Å²) >= 11 is 0. The molecular weight excluding hydrogens is 224 g/mol. The van der Waals surface area contributed by atoms with Gasteiger partial charge < -0.3 is 9.47 Å². The highest BCUT2D eigenvalue weighted by atomic mass is 16.7. The minimum Gasteiger partial charge on any atom is -0.352 e. The molecule has 0 amide bonds. The molecule has 0 spiro atoms. The van der Waals surface area contributed by atoms with Crippen molar-refractivity contribution in [2.75, 3.05) is 6.61 Å². The fourth-order valence-electron chi connectivity index (χ4n) is 1.85. The standard InChI is InChI=1S/C16H20O2/c1-14(17-12-15-8-4-2-5-9-15)18-13-16-10-6-3-7-11-16/h2-10,14,16H,11-13H2,1H3. The van der Waals surface area contributed by atoms with E-state index < -0.39 is 0 Å². The van der Waals surface area contributed by atoms with Gasteiger partial charge >= 0.3 is 0 Å². The fraction of sp³-hybridized carbons (Fsp3) is 0.375. The van der Waals surface area contributed by atoms with Crippen LogP contribution in [0.2, 0.25) is 0 Å². The number of ether oxygens (including phenoxy) is 2. The summed E-state index contributed by atoms with van der Waals surface area (Å²) in [5.74, 6) is 0.484. The van der Waals surface area contributed by atoms with Gasteiger partial charge in [0.15, 0.2) is 6.29 Å². The second-order valence-corrected chi connectivity index (χ2v) is 4.51. The van der Waals surface area contributed by atoms with Gasteiger partial charge in [-0.05, 0) is 18.9 Å². The molecule has 0 heterocycles. The normalized spacial score (nSPS) is 19.9. The van der Waals surface area contributed by atoms with Crippen molar-refractivity contribution in [3.8, 4) is 0 Å². The van der Waals surface area contributed by atoms with Crippen molar-refractivity contribution in [1.29, 1.82) is 0 Å². The van der Waals surface area contributed by atoms with Gasteiger partial charge in [-0.1, -0.05) is 54.6 Å². The Labute approximate surface area is 109 Å². The molecule has 0 aromatic heterocycles. The zero-order valence-electron chi connectivity index (χ0n) is 10.8. The van der Waals surface area contributed by atoms with Crippen LogP contribution in [0.4, 0.5) is 0 Å². The molecule has 1 aliphatic carbocycles. The zero-order valence-corrected chi connectivity index (χ0v) is 10.8. The van der Waals surface area contributed by atoms with E-state index in [4.69, 9.17) is 9.47 Å². The molecule has 2 unspecified atom stereocenters. The Morgan fingerprint density at radius 1 is 1.17 bits per heavy atom. The van der Waals surface area contributed by atoms with E-state index in [2.05, 4.69) is 36.4 Å². The van der Waals surface area contributed by atoms with Crippen LogP contribution >= 0.6 is 0 Å². The van der Waals surface area contributed by atoms with Gasteiger partial charge in [-0.15, -0.1) is 0 Å². The van der Waals surface area contributed by atoms with Crippen LogP contribution in [-0.2, 0) is 16.1 Å². The average Bonchev–Trinajstić information content (AvgIpc) is 2.45. The molecule has 0 fully saturated rings. The largest absolute Gasteiger partial charge is 0.352 e. The van der Waals surface area contributed by atoms with Crippen LogP contribution in [0.5, 0.6) is 0 Å². The van der Waals surface area contributed by atoms with E-state index in [1.165, 1.54) is 5.56 Å². The molecule has 2 rings (SSSR count). The average molecular weight is 244 g/mol. The van der Waals surface area contributed by atoms with Crippen LogP contribution in [0.15, 0.2) is 54.6 Å². The summed E-state index contributed by atoms with van der Waals surface area (Å²) < 4.78 is 11.4. The van der Waals surface area contributed by atoms with Crippen LogP contribution < -0.4 is 0 Å². The maximum atomic E-state index is 5.70. The van der Waals surface area contributed by atoms with Gasteiger partial charge in [-0.2, -0.15) is 0 Å². The highest BCUT2D eigenvalue weighted by Gasteiger charge is 2.09. The third-order valence-corrected chi connectivity index (χ3v) is 2.94. The Balaban J connectivity index is 1.64. The summed E-state index contributed by atoms with van der Waals surface area (Å²) in [6.45, 7) is 3.27. The Morgan fingerprint density at radius 3 is 2.72 bits per heavy atom. The van der Waals surface area contributed by atoms with E-state index in [9.17, 15) is 0 Å². The van der Waals surface area contributed by atoms with Crippen molar-refractivity contribution >= 4 is 0 Å². The summed E-state index contributed by atoms with van der Waals surface area (Å²) in [7, 11) is 0. The highest BCUT2D eigenvalue weighted by Crippen LogP contribution is 2.13. The predicted molar refractivity (Wildman–Crippen MR) is 73.0 cm³/mol. The summed E-state index contributed by atoms with van der Waals surface area (Å²) in [5.41, 5.74) is 1.17. The topological polar surface area (TPSA) is 18.5 Å². The van der Waals surface area contributed by atoms with Crippen molar-refractivity contribution in [2.45, 2.75) is 26.2 Å². The number of rotatable bonds is 6. The van der Waals surface area contributed by atoms with Crippen molar-refractivity contribution < 1.29 is 9.47 Å². The van der Waals surface area contributed by atoms with E-state index in [1.807, 2.05) is 25.1 Å². The molecule has 96 valence electrons. The minimum atomic E-state index is -0.162. The van der Waals surface area contributed by atoms with Crippen molar-refractivity contribution in [1.82, 2.24) is 0 Å². The Kier molecular flexibility index (Phi) is 5.18. The molecule has 0 saturated carbocycles. The maximum Gasteiger partial charge on any atom is 0.155 e. The molecule has 2 heteroatoms. The first-order chi connectivity index (χ1) is 8.84. The molecule has 1 aromatic carbocycles. The van der Waals surface area contributed by atoms with Gasteiger partial charge in [0.1, 0.15) is 0 Å². The van der Waals surface area contributed by atoms with Crippen LogP contribution in [0.1, 0.15) is 18.9 Å². The lowest BCUT2D eigenvalue weighted by Crippen LogP contribution is -2.17. The molecule has 1 aliphatic rings. The van der Waals surface area contributed by atoms with Crippen molar-refractivity contribution in [3.63, 3.8) is 0 Å². The molecule has 0 aliphatic heterocycles. The lowest BCUT2D eigenvalue weighted by molar-refractivity contribution is -0.142. The summed E-state index contributed by atoms with van der Waals surface area (Å²) in [5, 5.41) is 0. The first-order valence-electron chi connectivity index (χ1n) is 6.45. The third-order valence-electron chi connectivity index (χ3n) is 2.94. The molecule has 2 atom stereocenters. The lowest BCUT2D eigenvalue weighted by atomic mass is 10.0. The van der Waals surface area contributed by atoms with Gasteiger partial charge in [0.2, 0.25) is 0 Å². The molecule has 0 saturated heterocycles. The summed E-state index contributed by atoms with van der Waals surface area (Å²) in [6, 6.07) is 10.2. The SMILES string of the molecule is CC(OCc1ccccc1)OCC1C=CC=CC1. The Morgan fingerprint density at radius 2 is 2.00 bits per heavy atom. The van der Waals surface area contributed by atoms with E-state index in [1.54, 1.807) is 0 Å². The third kappa shape index (κ3) is 4.47. The molecule has 0 N–H and O–H groups in total. The van der Waals surface area contributed by atoms with Crippen molar-refractivity contribution in [3.05, 3.63) is 60.2 Å². The molecule has 0 radical (unpaired) electrons. The zero-order chi connectivity index (χ0) is 12.6. The second-order valence-electron chi connectivity index (χ2n) is 4.51. The maximum absolute atomic E-state index is 5.70. The second kappa shape index (κ2) is 7.14. The molecule has 2 nitrogen and oxygen atoms in total. The molecule has 0 bridgehead atoms. The van der Waals surface area contributed by atoms with Crippen LogP contribution in [0.3, 0.4) is 0 Å². The smallest absolute Gasteiger partial charge is 0.155 e. The van der Waals surface area contributed by atoms with Gasteiger partial charge in [0.05, 0.1) is 13.2 Å². The predicted octanol–water partition coefficient (Wildman–Crippen LogP) is 3.70. The fourth-order valence-corrected chi connectivity index (χ4v) is 1.85. The van der Waals surface area contributed by atoms with E-state index in [0.29, 0.717) is 12.5 Å². The Bertz CT molecular complexity index is 395. The van der Waals surface area contributed by atoms with Gasteiger partial charge in [-0.25, -0.2) is 0 Å². The van der Waals surface area contributed by atoms with E-state index in [-0.39, 0.29) is 6.29 Å². The number of benzene rings is 1. The van der Waals surface area contributed by atoms with E-state index >= 15 is 0 Å². The monoisotopic (exact) mass is 244 g/mol. The number of allylic oxidation sites excluding steroid dienone is 3. The summed E-state index contributed by atoms with van der Waals surface area (Å²) in [6.07, 6.45) is 9.40. The van der Waals surface area contributed by atoms with Gasteiger partial charge in [0.25, 0.3) is 0 Å². The van der Waals surface area contributed by atoms with Crippen LogP contribution in [0.25, 0.3) is 0 Å². The number of hydrogen-bond donors (Lipinski definition) is 0. The first-order valence-corrected chi connectivity index (χ1v) is 6.45. The van der Waals surface area contributed by atoms with E-state index in [0.717, 1.165) is 13.0 Å². The van der Waals surface area contributed by atoms with Crippen molar-refractivity contribution in [2.24, 2.45) is 5.92 Å². The first kappa shape index (κ1) is 13.1.